The molecule has 11 atom stereocenters. The van der Waals surface area contributed by atoms with Crippen LogP contribution in [0.15, 0.2) is 65.8 Å². The standard InChI is InChI=1S/C27H31N3O8/c1-15-22-18(13-33-25(37-22)17-10-6-3-7-11-17)36-27(23(15)32-12-16-8-4-2-5-9-16)38-24-19-14-34-26(35-19)20(21(24)31)29-30-28/h2-11,15,18-27,31H,12-14H2,1H3/t15-,18?,19+,20-,21?,22-,23?,24+,25?,26?,27-/m0/s1. The van der Waals surface area contributed by atoms with E-state index in [9.17, 15) is 5.11 Å². The summed E-state index contributed by atoms with van der Waals surface area (Å²) in [4.78, 5) is 2.84. The van der Waals surface area contributed by atoms with Crippen LogP contribution in [0.25, 0.3) is 10.4 Å². The molecular weight excluding hydrogens is 494 g/mol. The minimum atomic E-state index is -1.13. The number of nitrogens with zero attached hydrogens (tertiary/aromatic N) is 3. The molecule has 202 valence electrons. The monoisotopic (exact) mass is 525 g/mol. The van der Waals surface area contributed by atoms with Gasteiger partial charge in [0.1, 0.15) is 30.5 Å². The van der Waals surface area contributed by atoms with E-state index in [1.807, 2.05) is 67.6 Å². The Morgan fingerprint density at radius 1 is 0.947 bits per heavy atom. The second-order valence-electron chi connectivity index (χ2n) is 10.0. The molecule has 0 saturated carbocycles. The first-order chi connectivity index (χ1) is 18.6. The Morgan fingerprint density at radius 3 is 2.45 bits per heavy atom. The van der Waals surface area contributed by atoms with Crippen LogP contribution in [0, 0.1) is 5.92 Å². The topological polar surface area (TPSA) is 134 Å². The molecule has 38 heavy (non-hydrogen) atoms. The molecule has 0 spiro atoms. The third-order valence-electron chi connectivity index (χ3n) is 7.57. The molecule has 4 heterocycles. The summed E-state index contributed by atoms with van der Waals surface area (Å²) < 4.78 is 43.0. The molecule has 4 saturated heterocycles. The predicted molar refractivity (Wildman–Crippen MR) is 131 cm³/mol. The number of hydrogen-bond donors (Lipinski definition) is 1. The number of hydrogen-bond acceptors (Lipinski definition) is 9. The number of benzene rings is 2. The van der Waals surface area contributed by atoms with Crippen LogP contribution in [0.5, 0.6) is 0 Å². The van der Waals surface area contributed by atoms with Crippen molar-refractivity contribution in [3.05, 3.63) is 82.2 Å². The van der Waals surface area contributed by atoms with E-state index >= 15 is 0 Å². The minimum Gasteiger partial charge on any atom is -0.390 e. The van der Waals surface area contributed by atoms with Crippen LogP contribution in [0.1, 0.15) is 24.3 Å². The minimum absolute atomic E-state index is 0.139. The highest BCUT2D eigenvalue weighted by Crippen LogP contribution is 2.40. The normalized spacial score (nSPS) is 40.2. The SMILES string of the molecule is C[C@@H]1C(OCc2ccccc2)[C@H](O[C@H]2C(O)[C@H](N=[N+]=[N-])C3OC[C@H]2O3)OC2COC(c3ccccc3)O[C@H]21. The molecule has 4 aliphatic heterocycles. The third-order valence-corrected chi connectivity index (χ3v) is 7.57. The Kier molecular flexibility index (Phi) is 7.62. The molecule has 0 aromatic heterocycles. The molecule has 11 heteroatoms. The lowest BCUT2D eigenvalue weighted by Gasteiger charge is -2.49. The van der Waals surface area contributed by atoms with E-state index in [4.69, 9.17) is 38.7 Å². The molecule has 11 nitrogen and oxygen atoms in total. The molecule has 0 amide bonds. The summed E-state index contributed by atoms with van der Waals surface area (Å²) in [5.41, 5.74) is 10.9. The summed E-state index contributed by atoms with van der Waals surface area (Å²) >= 11 is 0. The Balaban J connectivity index is 1.23. The van der Waals surface area contributed by atoms with Gasteiger partial charge in [0.2, 0.25) is 0 Å². The molecule has 0 radical (unpaired) electrons. The quantitative estimate of drug-likeness (QED) is 0.331. The van der Waals surface area contributed by atoms with E-state index in [1.54, 1.807) is 0 Å². The first-order valence-corrected chi connectivity index (χ1v) is 12.9. The van der Waals surface area contributed by atoms with Crippen LogP contribution >= 0.6 is 0 Å². The fraction of sp³-hybridized carbons (Fsp3) is 0.556. The van der Waals surface area contributed by atoms with E-state index in [0.29, 0.717) is 13.2 Å². The van der Waals surface area contributed by atoms with Gasteiger partial charge in [-0.1, -0.05) is 72.7 Å². The van der Waals surface area contributed by atoms with Crippen molar-refractivity contribution < 1.29 is 38.3 Å². The zero-order chi connectivity index (χ0) is 26.1. The predicted octanol–water partition coefficient (Wildman–Crippen LogP) is 3.23. The lowest BCUT2D eigenvalue weighted by molar-refractivity contribution is -0.371. The number of aliphatic hydroxyl groups excluding tert-OH is 1. The largest absolute Gasteiger partial charge is 0.390 e. The molecular formula is C27H31N3O8. The summed E-state index contributed by atoms with van der Waals surface area (Å²) in [5.74, 6) is -0.139. The third kappa shape index (κ3) is 5.05. The maximum absolute atomic E-state index is 11.0. The first-order valence-electron chi connectivity index (χ1n) is 12.9. The molecule has 0 aliphatic carbocycles. The highest BCUT2D eigenvalue weighted by molar-refractivity contribution is 5.17. The van der Waals surface area contributed by atoms with Gasteiger partial charge < -0.3 is 38.3 Å². The van der Waals surface area contributed by atoms with Gasteiger partial charge in [-0.3, -0.25) is 0 Å². The second-order valence-corrected chi connectivity index (χ2v) is 10.0. The second kappa shape index (κ2) is 11.3. The lowest BCUT2D eigenvalue weighted by atomic mass is 9.89. The highest BCUT2D eigenvalue weighted by atomic mass is 16.8. The highest BCUT2D eigenvalue weighted by Gasteiger charge is 2.55. The smallest absolute Gasteiger partial charge is 0.185 e. The summed E-state index contributed by atoms with van der Waals surface area (Å²) in [6, 6.07) is 18.7. The molecule has 4 fully saturated rings. The fourth-order valence-corrected chi connectivity index (χ4v) is 5.57. The van der Waals surface area contributed by atoms with Crippen LogP contribution in [-0.2, 0) is 39.8 Å². The maximum Gasteiger partial charge on any atom is 0.185 e. The van der Waals surface area contributed by atoms with Crippen LogP contribution in [0.3, 0.4) is 0 Å². The summed E-state index contributed by atoms with van der Waals surface area (Å²) in [5, 5.41) is 14.7. The van der Waals surface area contributed by atoms with Gasteiger partial charge in [0.15, 0.2) is 18.9 Å². The van der Waals surface area contributed by atoms with Crippen molar-refractivity contribution in [1.29, 1.82) is 0 Å². The van der Waals surface area contributed by atoms with Gasteiger partial charge in [-0.25, -0.2) is 0 Å². The number of ether oxygens (including phenoxy) is 7. The van der Waals surface area contributed by atoms with Crippen molar-refractivity contribution in [3.63, 3.8) is 0 Å². The molecule has 4 aliphatic rings. The number of azide groups is 1. The van der Waals surface area contributed by atoms with Crippen LogP contribution < -0.4 is 0 Å². The number of rotatable bonds is 7. The molecule has 5 unspecified atom stereocenters. The van der Waals surface area contributed by atoms with Crippen molar-refractivity contribution in [1.82, 2.24) is 0 Å². The van der Waals surface area contributed by atoms with E-state index in [0.717, 1.165) is 11.1 Å². The average molecular weight is 526 g/mol. The zero-order valence-electron chi connectivity index (χ0n) is 20.9. The van der Waals surface area contributed by atoms with Crippen LogP contribution in [0.2, 0.25) is 0 Å². The average Bonchev–Trinajstić information content (AvgIpc) is 3.40. The van der Waals surface area contributed by atoms with Gasteiger partial charge in [0.05, 0.1) is 32.0 Å². The van der Waals surface area contributed by atoms with Gasteiger partial charge in [0.25, 0.3) is 0 Å². The van der Waals surface area contributed by atoms with Crippen LogP contribution in [-0.4, -0.2) is 73.6 Å². The molecule has 2 bridgehead atoms. The number of fused-ring (bicyclic) bond motifs is 3. The first kappa shape index (κ1) is 25.7. The molecule has 6 rings (SSSR count). The fourth-order valence-electron chi connectivity index (χ4n) is 5.57. The van der Waals surface area contributed by atoms with Crippen LogP contribution in [0.4, 0.5) is 0 Å². The Morgan fingerprint density at radius 2 is 1.68 bits per heavy atom. The van der Waals surface area contributed by atoms with Crippen molar-refractivity contribution in [2.45, 2.75) is 75.1 Å². The zero-order valence-corrected chi connectivity index (χ0v) is 20.9. The number of aliphatic hydroxyl groups is 1. The summed E-state index contributed by atoms with van der Waals surface area (Å²) in [6.07, 6.45) is -5.94. The summed E-state index contributed by atoms with van der Waals surface area (Å²) in [6.45, 7) is 2.90. The van der Waals surface area contributed by atoms with Crippen molar-refractivity contribution in [2.75, 3.05) is 13.2 Å². The maximum atomic E-state index is 11.0. The molecule has 2 aromatic carbocycles. The van der Waals surface area contributed by atoms with Gasteiger partial charge >= 0.3 is 0 Å². The van der Waals surface area contributed by atoms with E-state index < -0.39 is 55.4 Å². The lowest BCUT2D eigenvalue weighted by Crippen LogP contribution is -2.62. The van der Waals surface area contributed by atoms with E-state index in [-0.39, 0.29) is 18.6 Å². The van der Waals surface area contributed by atoms with Gasteiger partial charge in [-0.05, 0) is 11.1 Å². The van der Waals surface area contributed by atoms with Gasteiger partial charge in [0, 0.05) is 16.4 Å². The van der Waals surface area contributed by atoms with E-state index in [1.165, 1.54) is 0 Å². The Labute approximate surface area is 220 Å². The molecule has 1 N–H and O–H groups in total. The summed E-state index contributed by atoms with van der Waals surface area (Å²) in [7, 11) is 0. The van der Waals surface area contributed by atoms with Crippen molar-refractivity contribution in [3.8, 4) is 0 Å². The van der Waals surface area contributed by atoms with Crippen molar-refractivity contribution >= 4 is 0 Å². The van der Waals surface area contributed by atoms with E-state index in [2.05, 4.69) is 10.0 Å². The van der Waals surface area contributed by atoms with Crippen molar-refractivity contribution in [2.24, 2.45) is 11.0 Å². The Hall–Kier alpha value is -2.57. The van der Waals surface area contributed by atoms with Gasteiger partial charge in [-0.2, -0.15) is 0 Å². The van der Waals surface area contributed by atoms with Gasteiger partial charge in [-0.15, -0.1) is 0 Å². The molecule has 2 aromatic rings. The Bertz CT molecular complexity index is 1120.